The average Bonchev–Trinajstić information content (AvgIpc) is 3.24. The summed E-state index contributed by atoms with van der Waals surface area (Å²) in [5, 5.41) is 10.3. The number of methoxy groups -OCH3 is 4. The first-order chi connectivity index (χ1) is 13.6. The van der Waals surface area contributed by atoms with E-state index in [1.807, 2.05) is 51.1 Å². The van der Waals surface area contributed by atoms with Gasteiger partial charge in [0.05, 0.1) is 28.4 Å². The number of aryl methyl sites for hydroxylation is 1. The van der Waals surface area contributed by atoms with Crippen LogP contribution in [0.1, 0.15) is 19.4 Å². The van der Waals surface area contributed by atoms with Gasteiger partial charge in [0.2, 0.25) is 0 Å². The van der Waals surface area contributed by atoms with Gasteiger partial charge in [-0.05, 0) is 42.8 Å². The van der Waals surface area contributed by atoms with Crippen molar-refractivity contribution in [1.29, 1.82) is 0 Å². The molecule has 7 heteroatoms. The molecule has 0 unspecified atom stereocenters. The van der Waals surface area contributed by atoms with E-state index < -0.39 is 0 Å². The summed E-state index contributed by atoms with van der Waals surface area (Å²) in [6, 6.07) is 9.55. The Bertz CT molecular complexity index is 925. The Morgan fingerprint density at radius 3 is 1.82 bits per heavy atom. The third-order valence-electron chi connectivity index (χ3n) is 4.02. The highest BCUT2D eigenvalue weighted by Gasteiger charge is 2.16. The van der Waals surface area contributed by atoms with Crippen LogP contribution >= 0.6 is 11.3 Å². The molecule has 1 heterocycles. The summed E-state index contributed by atoms with van der Waals surface area (Å²) in [5.74, 6) is 2.69. The summed E-state index contributed by atoms with van der Waals surface area (Å²) in [6.45, 7) is 6.01. The maximum absolute atomic E-state index is 5.40. The van der Waals surface area contributed by atoms with Crippen LogP contribution in [0, 0.1) is 6.92 Å². The molecule has 0 saturated carbocycles. The maximum Gasteiger partial charge on any atom is 0.161 e. The van der Waals surface area contributed by atoms with Gasteiger partial charge >= 0.3 is 0 Å². The number of aromatic nitrogens is 2. The van der Waals surface area contributed by atoms with E-state index in [0.717, 1.165) is 26.7 Å². The molecule has 0 aliphatic rings. The lowest BCUT2D eigenvalue weighted by Crippen LogP contribution is -1.93. The maximum atomic E-state index is 5.40. The van der Waals surface area contributed by atoms with Crippen LogP contribution in [0.15, 0.2) is 30.3 Å². The minimum atomic E-state index is 0.657. The number of ether oxygens (including phenoxy) is 4. The van der Waals surface area contributed by atoms with Crippen LogP contribution in [0.4, 0.5) is 0 Å². The molecule has 6 nitrogen and oxygen atoms in total. The minimum Gasteiger partial charge on any atom is -0.493 e. The molecule has 2 aromatic carbocycles. The zero-order valence-electron chi connectivity index (χ0n) is 17.3. The first-order valence-electron chi connectivity index (χ1n) is 8.90. The molecule has 0 radical (unpaired) electrons. The minimum absolute atomic E-state index is 0.657. The Morgan fingerprint density at radius 1 is 0.679 bits per heavy atom. The van der Waals surface area contributed by atoms with E-state index in [4.69, 9.17) is 18.9 Å². The lowest BCUT2D eigenvalue weighted by atomic mass is 10.1. The fourth-order valence-electron chi connectivity index (χ4n) is 2.63. The van der Waals surface area contributed by atoms with Gasteiger partial charge in [0.1, 0.15) is 10.0 Å². The van der Waals surface area contributed by atoms with Crippen molar-refractivity contribution in [2.75, 3.05) is 28.4 Å². The van der Waals surface area contributed by atoms with Crippen molar-refractivity contribution >= 4 is 11.3 Å². The largest absolute Gasteiger partial charge is 0.493 e. The van der Waals surface area contributed by atoms with Gasteiger partial charge in [0.15, 0.2) is 23.0 Å². The van der Waals surface area contributed by atoms with Crippen molar-refractivity contribution in [3.63, 3.8) is 0 Å². The third kappa shape index (κ3) is 4.36. The normalized spacial score (nSPS) is 9.96. The number of nitrogens with zero attached hydrogens (tertiary/aromatic N) is 2. The standard InChI is InChI=1S/C19H20N2O4S.C2H6/c1-11-8-15(23-3)17(25-5)10-13(11)19-21-20-18(26-19)12-6-7-14(22-2)16(9-12)24-4;1-2/h6-10H,1-5H3;1-2H3. The SMILES string of the molecule is CC.COc1ccc(-c2nnc(-c3cc(OC)c(OC)cc3C)s2)cc1OC. The van der Waals surface area contributed by atoms with E-state index in [2.05, 4.69) is 10.2 Å². The van der Waals surface area contributed by atoms with Crippen LogP contribution in [0.3, 0.4) is 0 Å². The number of rotatable bonds is 6. The molecule has 3 aromatic rings. The Labute approximate surface area is 170 Å². The molecule has 0 aliphatic heterocycles. The van der Waals surface area contributed by atoms with Crippen LogP contribution in [-0.4, -0.2) is 38.6 Å². The molecule has 0 amide bonds. The predicted octanol–water partition coefficient (Wildman–Crippen LogP) is 5.24. The van der Waals surface area contributed by atoms with Gasteiger partial charge in [-0.1, -0.05) is 25.2 Å². The molecule has 3 rings (SSSR count). The fourth-order valence-corrected chi connectivity index (χ4v) is 3.55. The second-order valence-corrected chi connectivity index (χ2v) is 6.48. The molecule has 0 N–H and O–H groups in total. The molecule has 0 fully saturated rings. The first-order valence-corrected chi connectivity index (χ1v) is 9.71. The second kappa shape index (κ2) is 9.94. The second-order valence-electron chi connectivity index (χ2n) is 5.50. The highest BCUT2D eigenvalue weighted by molar-refractivity contribution is 7.17. The monoisotopic (exact) mass is 402 g/mol. The molecule has 28 heavy (non-hydrogen) atoms. The topological polar surface area (TPSA) is 62.7 Å². The van der Waals surface area contributed by atoms with E-state index in [0.29, 0.717) is 23.0 Å². The molecule has 0 atom stereocenters. The Balaban J connectivity index is 0.00000136. The highest BCUT2D eigenvalue weighted by atomic mass is 32.1. The summed E-state index contributed by atoms with van der Waals surface area (Å²) >= 11 is 1.50. The van der Waals surface area contributed by atoms with Crippen molar-refractivity contribution in [2.24, 2.45) is 0 Å². The van der Waals surface area contributed by atoms with Gasteiger partial charge in [-0.2, -0.15) is 0 Å². The number of benzene rings is 2. The first kappa shape index (κ1) is 21.5. The quantitative estimate of drug-likeness (QED) is 0.562. The van der Waals surface area contributed by atoms with Crippen LogP contribution in [0.2, 0.25) is 0 Å². The fraction of sp³-hybridized carbons (Fsp3) is 0.333. The van der Waals surface area contributed by atoms with Gasteiger partial charge in [0, 0.05) is 11.1 Å². The van der Waals surface area contributed by atoms with Crippen molar-refractivity contribution in [3.05, 3.63) is 35.9 Å². The summed E-state index contributed by atoms with van der Waals surface area (Å²) in [4.78, 5) is 0. The van der Waals surface area contributed by atoms with E-state index in [-0.39, 0.29) is 0 Å². The Morgan fingerprint density at radius 2 is 1.21 bits per heavy atom. The lowest BCUT2D eigenvalue weighted by Gasteiger charge is -2.11. The van der Waals surface area contributed by atoms with Crippen LogP contribution in [0.25, 0.3) is 21.1 Å². The van der Waals surface area contributed by atoms with E-state index in [9.17, 15) is 0 Å². The van der Waals surface area contributed by atoms with Gasteiger partial charge in [-0.3, -0.25) is 0 Å². The van der Waals surface area contributed by atoms with Crippen molar-refractivity contribution < 1.29 is 18.9 Å². The summed E-state index contributed by atoms with van der Waals surface area (Å²) < 4.78 is 21.4. The third-order valence-corrected chi connectivity index (χ3v) is 5.02. The van der Waals surface area contributed by atoms with Crippen LogP contribution in [0.5, 0.6) is 23.0 Å². The lowest BCUT2D eigenvalue weighted by molar-refractivity contribution is 0.355. The zero-order valence-corrected chi connectivity index (χ0v) is 18.1. The summed E-state index contributed by atoms with van der Waals surface area (Å²) in [5.41, 5.74) is 2.93. The van der Waals surface area contributed by atoms with Gasteiger partial charge in [-0.15, -0.1) is 10.2 Å². The molecular weight excluding hydrogens is 376 g/mol. The van der Waals surface area contributed by atoms with Crippen molar-refractivity contribution in [3.8, 4) is 44.1 Å². The smallest absolute Gasteiger partial charge is 0.161 e. The van der Waals surface area contributed by atoms with Crippen LogP contribution < -0.4 is 18.9 Å². The average molecular weight is 403 g/mol. The van der Waals surface area contributed by atoms with Crippen LogP contribution in [-0.2, 0) is 0 Å². The number of hydrogen-bond donors (Lipinski definition) is 0. The molecule has 150 valence electrons. The molecule has 0 saturated heterocycles. The summed E-state index contributed by atoms with van der Waals surface area (Å²) in [6.07, 6.45) is 0. The zero-order chi connectivity index (χ0) is 20.7. The predicted molar refractivity (Wildman–Crippen MR) is 113 cm³/mol. The van der Waals surface area contributed by atoms with Gasteiger partial charge in [-0.25, -0.2) is 0 Å². The Hall–Kier alpha value is -2.80. The van der Waals surface area contributed by atoms with E-state index in [1.165, 1.54) is 11.3 Å². The molecule has 0 aliphatic carbocycles. The van der Waals surface area contributed by atoms with Gasteiger partial charge in [0.25, 0.3) is 0 Å². The van der Waals surface area contributed by atoms with Crippen molar-refractivity contribution in [1.82, 2.24) is 10.2 Å². The molecule has 0 spiro atoms. The number of hydrogen-bond acceptors (Lipinski definition) is 7. The van der Waals surface area contributed by atoms with E-state index in [1.54, 1.807) is 28.4 Å². The van der Waals surface area contributed by atoms with E-state index >= 15 is 0 Å². The molecular formula is C21H26N2O4S. The van der Waals surface area contributed by atoms with Crippen molar-refractivity contribution in [2.45, 2.75) is 20.8 Å². The van der Waals surface area contributed by atoms with Gasteiger partial charge < -0.3 is 18.9 Å². The summed E-state index contributed by atoms with van der Waals surface area (Å²) in [7, 11) is 6.46. The Kier molecular flexibility index (Phi) is 7.63. The highest BCUT2D eigenvalue weighted by Crippen LogP contribution is 2.39. The molecule has 0 bridgehead atoms. The molecule has 1 aromatic heterocycles.